The smallest absolute Gasteiger partial charge is 0.437 e. The molecule has 1 aromatic carbocycles. The molecule has 0 saturated carbocycles. The van der Waals surface area contributed by atoms with E-state index in [2.05, 4.69) is 9.47 Å². The molecule has 0 saturated heterocycles. The third kappa shape index (κ3) is 1.88. The van der Waals surface area contributed by atoms with Crippen LogP contribution >= 0.6 is 0 Å². The maximum Gasteiger partial charge on any atom is 0.513 e. The lowest BCUT2D eigenvalue weighted by molar-refractivity contribution is 0.120. The average Bonchev–Trinajstić information content (AvgIpc) is 2.30. The Hall–Kier alpha value is -2.30. The first-order valence-corrected chi connectivity index (χ1v) is 4.49. The summed E-state index contributed by atoms with van der Waals surface area (Å²) in [6.07, 6.45) is -0.956. The molecule has 0 bridgehead atoms. The number of carbonyl (C=O) groups excluding carboxylic acids is 1. The van der Waals surface area contributed by atoms with Gasteiger partial charge < -0.3 is 13.9 Å². The molecule has 5 nitrogen and oxygen atoms in total. The van der Waals surface area contributed by atoms with E-state index < -0.39 is 11.8 Å². The van der Waals surface area contributed by atoms with Crippen LogP contribution in [0.5, 0.6) is 5.75 Å². The predicted molar refractivity (Wildman–Crippen MR) is 55.5 cm³/mol. The van der Waals surface area contributed by atoms with E-state index in [1.165, 1.54) is 6.07 Å². The summed E-state index contributed by atoms with van der Waals surface area (Å²) in [7, 11) is 1.16. The van der Waals surface area contributed by atoms with Crippen molar-refractivity contribution in [3.8, 4) is 5.75 Å². The molecule has 0 aliphatic rings. The number of hydrogen-bond donors (Lipinski definition) is 0. The first-order valence-electron chi connectivity index (χ1n) is 4.49. The minimum Gasteiger partial charge on any atom is -0.437 e. The Morgan fingerprint density at radius 3 is 2.81 bits per heavy atom. The van der Waals surface area contributed by atoms with E-state index in [1.807, 2.05) is 0 Å². The van der Waals surface area contributed by atoms with Gasteiger partial charge in [-0.25, -0.2) is 9.59 Å². The minimum absolute atomic E-state index is 0.189. The summed E-state index contributed by atoms with van der Waals surface area (Å²) in [6.45, 7) is 0. The monoisotopic (exact) mass is 220 g/mol. The molecule has 0 spiro atoms. The summed E-state index contributed by atoms with van der Waals surface area (Å²) in [5, 5.41) is 0.668. The maximum atomic E-state index is 11.4. The van der Waals surface area contributed by atoms with Crippen LogP contribution in [0.4, 0.5) is 4.79 Å². The number of para-hydroxylation sites is 1. The molecule has 2 aromatic rings. The van der Waals surface area contributed by atoms with Crippen molar-refractivity contribution in [1.82, 2.24) is 0 Å². The van der Waals surface area contributed by atoms with E-state index in [9.17, 15) is 9.59 Å². The van der Waals surface area contributed by atoms with Crippen LogP contribution in [-0.4, -0.2) is 13.3 Å². The van der Waals surface area contributed by atoms with Crippen molar-refractivity contribution in [3.05, 3.63) is 40.8 Å². The molecule has 0 amide bonds. The third-order valence-corrected chi connectivity index (χ3v) is 1.97. The van der Waals surface area contributed by atoms with Gasteiger partial charge in [-0.2, -0.15) is 0 Å². The summed E-state index contributed by atoms with van der Waals surface area (Å²) in [5.74, 6) is -0.189. The fourth-order valence-electron chi connectivity index (χ4n) is 1.25. The van der Waals surface area contributed by atoms with Crippen LogP contribution in [0.25, 0.3) is 11.0 Å². The highest BCUT2D eigenvalue weighted by Crippen LogP contribution is 2.16. The highest BCUT2D eigenvalue weighted by molar-refractivity contribution is 5.78. The second-order valence-electron chi connectivity index (χ2n) is 2.99. The van der Waals surface area contributed by atoms with Crippen LogP contribution in [0, 0.1) is 0 Å². The average molecular weight is 220 g/mol. The van der Waals surface area contributed by atoms with E-state index in [0.29, 0.717) is 11.0 Å². The van der Waals surface area contributed by atoms with E-state index in [0.717, 1.165) is 7.11 Å². The van der Waals surface area contributed by atoms with Gasteiger partial charge in [-0.15, -0.1) is 0 Å². The van der Waals surface area contributed by atoms with Crippen LogP contribution < -0.4 is 10.4 Å². The Morgan fingerprint density at radius 1 is 1.31 bits per heavy atom. The Labute approximate surface area is 90.2 Å². The van der Waals surface area contributed by atoms with Gasteiger partial charge in [0.2, 0.25) is 5.75 Å². The van der Waals surface area contributed by atoms with Crippen molar-refractivity contribution in [2.45, 2.75) is 0 Å². The summed E-state index contributed by atoms with van der Waals surface area (Å²) >= 11 is 0. The maximum absolute atomic E-state index is 11.4. The van der Waals surface area contributed by atoms with Gasteiger partial charge in [0.1, 0.15) is 5.58 Å². The van der Waals surface area contributed by atoms with Gasteiger partial charge in [0.05, 0.1) is 7.11 Å². The quantitative estimate of drug-likeness (QED) is 0.542. The zero-order valence-electron chi connectivity index (χ0n) is 8.43. The highest BCUT2D eigenvalue weighted by atomic mass is 16.7. The molecular formula is C11H8O5. The molecule has 0 N–H and O–H groups in total. The Morgan fingerprint density at radius 2 is 2.06 bits per heavy atom. The molecule has 0 atom stereocenters. The van der Waals surface area contributed by atoms with Crippen LogP contribution in [0.15, 0.2) is 39.5 Å². The van der Waals surface area contributed by atoms with Crippen LogP contribution in [0.1, 0.15) is 0 Å². The van der Waals surface area contributed by atoms with Gasteiger partial charge in [0.25, 0.3) is 0 Å². The molecule has 0 radical (unpaired) electrons. The zero-order chi connectivity index (χ0) is 11.5. The molecule has 2 rings (SSSR count). The second kappa shape index (κ2) is 4.06. The lowest BCUT2D eigenvalue weighted by Gasteiger charge is -2.01. The van der Waals surface area contributed by atoms with Crippen molar-refractivity contribution in [2.75, 3.05) is 7.11 Å². The van der Waals surface area contributed by atoms with Crippen LogP contribution in [0.2, 0.25) is 0 Å². The molecule has 0 unspecified atom stereocenters. The fraction of sp³-hybridized carbons (Fsp3) is 0.0909. The largest absolute Gasteiger partial charge is 0.513 e. The molecule has 0 fully saturated rings. The van der Waals surface area contributed by atoms with Crippen molar-refractivity contribution < 1.29 is 18.7 Å². The Kier molecular flexibility index (Phi) is 2.59. The predicted octanol–water partition coefficient (Wildman–Crippen LogP) is 1.94. The molecule has 0 aliphatic carbocycles. The molecular weight excluding hydrogens is 212 g/mol. The topological polar surface area (TPSA) is 65.7 Å². The summed E-state index contributed by atoms with van der Waals surface area (Å²) in [6, 6.07) is 8.34. The Balaban J connectivity index is 2.50. The standard InChI is InChI=1S/C11H8O5/c1-14-11(13)16-9-6-7-4-2-3-5-8(7)15-10(9)12/h2-6H,1H3. The first-order chi connectivity index (χ1) is 7.70. The SMILES string of the molecule is COC(=O)Oc1cc2ccccc2oc1=O. The van der Waals surface area contributed by atoms with Gasteiger partial charge in [-0.1, -0.05) is 18.2 Å². The normalized spacial score (nSPS) is 10.1. The highest BCUT2D eigenvalue weighted by Gasteiger charge is 2.10. The minimum atomic E-state index is -0.956. The van der Waals surface area contributed by atoms with E-state index in [1.54, 1.807) is 24.3 Å². The molecule has 82 valence electrons. The molecule has 0 aliphatic heterocycles. The Bertz CT molecular complexity index is 584. The van der Waals surface area contributed by atoms with E-state index >= 15 is 0 Å². The molecule has 1 heterocycles. The molecule has 16 heavy (non-hydrogen) atoms. The van der Waals surface area contributed by atoms with Crippen molar-refractivity contribution in [1.29, 1.82) is 0 Å². The van der Waals surface area contributed by atoms with Crippen molar-refractivity contribution in [3.63, 3.8) is 0 Å². The lowest BCUT2D eigenvalue weighted by atomic mass is 10.2. The number of fused-ring (bicyclic) bond motifs is 1. The van der Waals surface area contributed by atoms with Gasteiger partial charge >= 0.3 is 11.8 Å². The second-order valence-corrected chi connectivity index (χ2v) is 2.99. The number of rotatable bonds is 1. The van der Waals surface area contributed by atoms with Gasteiger partial charge in [0, 0.05) is 5.39 Å². The van der Waals surface area contributed by atoms with Gasteiger partial charge in [-0.3, -0.25) is 0 Å². The summed E-state index contributed by atoms with van der Waals surface area (Å²) in [4.78, 5) is 22.2. The molecule has 1 aromatic heterocycles. The van der Waals surface area contributed by atoms with Crippen molar-refractivity contribution >= 4 is 17.1 Å². The lowest BCUT2D eigenvalue weighted by Crippen LogP contribution is -2.13. The fourth-order valence-corrected chi connectivity index (χ4v) is 1.25. The first kappa shape index (κ1) is 10.2. The van der Waals surface area contributed by atoms with Crippen LogP contribution in [0.3, 0.4) is 0 Å². The van der Waals surface area contributed by atoms with Crippen molar-refractivity contribution in [2.24, 2.45) is 0 Å². The van der Waals surface area contributed by atoms with Gasteiger partial charge in [-0.05, 0) is 12.1 Å². The number of methoxy groups -OCH3 is 1. The van der Waals surface area contributed by atoms with Crippen LogP contribution in [-0.2, 0) is 4.74 Å². The van der Waals surface area contributed by atoms with E-state index in [-0.39, 0.29) is 5.75 Å². The number of hydrogen-bond acceptors (Lipinski definition) is 5. The summed E-state index contributed by atoms with van der Waals surface area (Å²) in [5.41, 5.74) is -0.284. The van der Waals surface area contributed by atoms with E-state index in [4.69, 9.17) is 4.42 Å². The number of benzene rings is 1. The number of ether oxygens (including phenoxy) is 2. The summed E-state index contributed by atoms with van der Waals surface area (Å²) < 4.78 is 13.9. The molecule has 5 heteroatoms. The van der Waals surface area contributed by atoms with Gasteiger partial charge in [0.15, 0.2) is 0 Å². The zero-order valence-corrected chi connectivity index (χ0v) is 8.43. The third-order valence-electron chi connectivity index (χ3n) is 1.97. The number of carbonyl (C=O) groups is 1.